The number of carbonyl (C=O) groups excluding carboxylic acids is 1. The maximum Gasteiger partial charge on any atom is 0.230 e. The lowest BCUT2D eigenvalue weighted by Crippen LogP contribution is -2.36. The van der Waals surface area contributed by atoms with E-state index in [1.165, 1.54) is 50.2 Å². The third-order valence-electron chi connectivity index (χ3n) is 4.30. The summed E-state index contributed by atoms with van der Waals surface area (Å²) in [4.78, 5) is 20.7. The maximum atomic E-state index is 12.2. The van der Waals surface area contributed by atoms with Crippen LogP contribution >= 0.6 is 11.8 Å². The minimum Gasteiger partial charge on any atom is -0.353 e. The largest absolute Gasteiger partial charge is 0.353 e. The van der Waals surface area contributed by atoms with Crippen LogP contribution < -0.4 is 5.32 Å². The van der Waals surface area contributed by atoms with E-state index in [1.807, 2.05) is 7.05 Å². The number of aryl methyl sites for hydroxylation is 1. The third kappa shape index (κ3) is 4.22. The first-order valence-electron chi connectivity index (χ1n) is 8.29. The Balaban J connectivity index is 1.55. The number of hydrogen-bond acceptors (Lipinski definition) is 5. The van der Waals surface area contributed by atoms with Gasteiger partial charge in [-0.15, -0.1) is 0 Å². The number of rotatable bonds is 4. The van der Waals surface area contributed by atoms with Crippen molar-refractivity contribution in [1.29, 1.82) is 0 Å². The van der Waals surface area contributed by atoms with Crippen LogP contribution in [-0.2, 0) is 11.8 Å². The van der Waals surface area contributed by atoms with Crippen molar-refractivity contribution in [3.63, 3.8) is 0 Å². The summed E-state index contributed by atoms with van der Waals surface area (Å²) in [6.07, 6.45) is 11.9. The molecule has 0 spiro atoms. The highest BCUT2D eigenvalue weighted by Gasteiger charge is 2.15. The second-order valence-corrected chi connectivity index (χ2v) is 7.05. The fourth-order valence-corrected chi connectivity index (χ4v) is 3.83. The van der Waals surface area contributed by atoms with Crippen LogP contribution in [0.1, 0.15) is 44.9 Å². The van der Waals surface area contributed by atoms with Crippen molar-refractivity contribution < 1.29 is 4.79 Å². The van der Waals surface area contributed by atoms with Gasteiger partial charge in [-0.05, 0) is 12.8 Å². The van der Waals surface area contributed by atoms with Gasteiger partial charge in [0.1, 0.15) is 11.4 Å². The van der Waals surface area contributed by atoms with E-state index in [0.29, 0.717) is 11.8 Å². The van der Waals surface area contributed by atoms with E-state index in [0.717, 1.165) is 28.9 Å². The van der Waals surface area contributed by atoms with Crippen molar-refractivity contribution in [2.45, 2.75) is 56.0 Å². The number of fused-ring (bicyclic) bond motifs is 1. The topological polar surface area (TPSA) is 72.7 Å². The molecule has 0 bridgehead atoms. The second kappa shape index (κ2) is 7.77. The summed E-state index contributed by atoms with van der Waals surface area (Å²) in [6, 6.07) is 0.340. The minimum atomic E-state index is 0.0937. The van der Waals surface area contributed by atoms with Gasteiger partial charge in [0.2, 0.25) is 5.91 Å². The summed E-state index contributed by atoms with van der Waals surface area (Å²) in [5, 5.41) is 9.10. The monoisotopic (exact) mass is 333 g/mol. The van der Waals surface area contributed by atoms with Crippen LogP contribution in [0.5, 0.6) is 0 Å². The van der Waals surface area contributed by atoms with Gasteiger partial charge >= 0.3 is 0 Å². The van der Waals surface area contributed by atoms with Gasteiger partial charge in [-0.25, -0.2) is 9.97 Å². The fraction of sp³-hybridized carbons (Fsp3) is 0.625. The molecule has 0 atom stereocenters. The van der Waals surface area contributed by atoms with Gasteiger partial charge in [-0.1, -0.05) is 43.9 Å². The van der Waals surface area contributed by atoms with Crippen molar-refractivity contribution in [2.24, 2.45) is 7.05 Å². The third-order valence-corrected chi connectivity index (χ3v) is 5.31. The summed E-state index contributed by atoms with van der Waals surface area (Å²) >= 11 is 1.45. The SMILES string of the molecule is Cn1ncc2c(SCC(=O)NC3CCCCCCC3)ncnc21. The number of hydrogen-bond donors (Lipinski definition) is 1. The zero-order valence-corrected chi connectivity index (χ0v) is 14.3. The first-order valence-corrected chi connectivity index (χ1v) is 9.27. The van der Waals surface area contributed by atoms with Gasteiger partial charge < -0.3 is 5.32 Å². The minimum absolute atomic E-state index is 0.0937. The van der Waals surface area contributed by atoms with Crippen molar-refractivity contribution in [1.82, 2.24) is 25.1 Å². The Morgan fingerprint density at radius 3 is 2.78 bits per heavy atom. The van der Waals surface area contributed by atoms with Crippen LogP contribution in [-0.4, -0.2) is 37.5 Å². The Hall–Kier alpha value is -1.63. The quantitative estimate of drug-likeness (QED) is 0.688. The Bertz CT molecular complexity index is 664. The predicted molar refractivity (Wildman–Crippen MR) is 91.3 cm³/mol. The van der Waals surface area contributed by atoms with E-state index in [1.54, 1.807) is 10.9 Å². The first kappa shape index (κ1) is 16.2. The van der Waals surface area contributed by atoms with Crippen molar-refractivity contribution in [3.05, 3.63) is 12.5 Å². The summed E-state index contributed by atoms with van der Waals surface area (Å²) in [6.45, 7) is 0. The van der Waals surface area contributed by atoms with E-state index in [2.05, 4.69) is 20.4 Å². The first-order chi connectivity index (χ1) is 11.2. The summed E-state index contributed by atoms with van der Waals surface area (Å²) in [7, 11) is 1.85. The standard InChI is InChI=1S/C16H23N5OS/c1-21-15-13(9-19-21)16(18-11-17-15)23-10-14(22)20-12-7-5-3-2-4-6-8-12/h9,11-12H,2-8,10H2,1H3,(H,20,22). The molecule has 1 aliphatic rings. The molecule has 3 rings (SSSR count). The molecular weight excluding hydrogens is 310 g/mol. The van der Waals surface area contributed by atoms with Crippen LogP contribution in [0, 0.1) is 0 Å². The zero-order valence-electron chi connectivity index (χ0n) is 13.5. The number of aromatic nitrogens is 4. The number of amides is 1. The zero-order chi connectivity index (χ0) is 16.1. The van der Waals surface area contributed by atoms with Crippen LogP contribution in [0.3, 0.4) is 0 Å². The molecule has 1 amide bonds. The average molecular weight is 333 g/mol. The molecule has 2 heterocycles. The van der Waals surface area contributed by atoms with E-state index >= 15 is 0 Å². The van der Waals surface area contributed by atoms with Crippen LogP contribution in [0.4, 0.5) is 0 Å². The smallest absolute Gasteiger partial charge is 0.230 e. The molecule has 0 aliphatic heterocycles. The number of nitrogens with one attached hydrogen (secondary N) is 1. The number of nitrogens with zero attached hydrogens (tertiary/aromatic N) is 4. The van der Waals surface area contributed by atoms with E-state index in [-0.39, 0.29) is 5.91 Å². The van der Waals surface area contributed by atoms with Gasteiger partial charge in [-0.3, -0.25) is 9.48 Å². The molecule has 0 radical (unpaired) electrons. The molecule has 0 unspecified atom stereocenters. The molecule has 1 N–H and O–H groups in total. The molecular formula is C16H23N5OS. The normalized spacial score (nSPS) is 16.9. The molecule has 0 saturated heterocycles. The van der Waals surface area contributed by atoms with E-state index in [4.69, 9.17) is 0 Å². The van der Waals surface area contributed by atoms with Crippen molar-refractivity contribution in [3.8, 4) is 0 Å². The number of carbonyl (C=O) groups is 1. The lowest BCUT2D eigenvalue weighted by atomic mass is 9.97. The van der Waals surface area contributed by atoms with Crippen LogP contribution in [0.2, 0.25) is 0 Å². The number of thioether (sulfide) groups is 1. The molecule has 1 aliphatic carbocycles. The van der Waals surface area contributed by atoms with Crippen LogP contribution in [0.15, 0.2) is 17.6 Å². The average Bonchev–Trinajstić information content (AvgIpc) is 2.90. The molecule has 6 nitrogen and oxygen atoms in total. The van der Waals surface area contributed by atoms with E-state index in [9.17, 15) is 4.79 Å². The molecule has 23 heavy (non-hydrogen) atoms. The Morgan fingerprint density at radius 2 is 2.00 bits per heavy atom. The summed E-state index contributed by atoms with van der Waals surface area (Å²) in [5.74, 6) is 0.480. The highest BCUT2D eigenvalue weighted by atomic mass is 32.2. The molecule has 7 heteroatoms. The Kier molecular flexibility index (Phi) is 5.48. The van der Waals surface area contributed by atoms with Gasteiger partial charge in [0.15, 0.2) is 5.65 Å². The molecule has 2 aromatic rings. The highest BCUT2D eigenvalue weighted by Crippen LogP contribution is 2.24. The van der Waals surface area contributed by atoms with Gasteiger partial charge in [-0.2, -0.15) is 5.10 Å². The van der Waals surface area contributed by atoms with E-state index < -0.39 is 0 Å². The van der Waals surface area contributed by atoms with Gasteiger partial charge in [0.05, 0.1) is 17.3 Å². The van der Waals surface area contributed by atoms with Crippen molar-refractivity contribution >= 4 is 28.7 Å². The maximum absolute atomic E-state index is 12.2. The second-order valence-electron chi connectivity index (χ2n) is 6.08. The molecule has 0 aromatic carbocycles. The highest BCUT2D eigenvalue weighted by molar-refractivity contribution is 8.00. The fourth-order valence-electron chi connectivity index (χ4n) is 3.06. The lowest BCUT2D eigenvalue weighted by molar-refractivity contribution is -0.119. The van der Waals surface area contributed by atoms with Gasteiger partial charge in [0.25, 0.3) is 0 Å². The Labute approximate surface area is 140 Å². The van der Waals surface area contributed by atoms with Gasteiger partial charge in [0, 0.05) is 13.1 Å². The van der Waals surface area contributed by atoms with Crippen LogP contribution in [0.25, 0.3) is 11.0 Å². The summed E-state index contributed by atoms with van der Waals surface area (Å²) < 4.78 is 1.72. The van der Waals surface area contributed by atoms with Crippen molar-refractivity contribution in [2.75, 3.05) is 5.75 Å². The summed E-state index contributed by atoms with van der Waals surface area (Å²) in [5.41, 5.74) is 0.794. The molecule has 124 valence electrons. The lowest BCUT2D eigenvalue weighted by Gasteiger charge is -2.20. The Morgan fingerprint density at radius 1 is 1.26 bits per heavy atom. The predicted octanol–water partition coefficient (Wildman–Crippen LogP) is 2.68. The molecule has 1 fully saturated rings. The molecule has 1 saturated carbocycles. The molecule has 2 aromatic heterocycles.